The number of amides is 1. The molecule has 0 bridgehead atoms. The molecule has 1 fully saturated rings. The number of carbonyl (C=O) groups excluding carboxylic acids is 1. The highest BCUT2D eigenvalue weighted by Crippen LogP contribution is 2.25. The molecule has 1 amide bonds. The maximum Gasteiger partial charge on any atom is 0.243 e. The molecule has 30 heavy (non-hydrogen) atoms. The maximum absolute atomic E-state index is 13.0. The highest BCUT2D eigenvalue weighted by molar-refractivity contribution is 7.89. The molecule has 0 spiro atoms. The van der Waals surface area contributed by atoms with E-state index in [-0.39, 0.29) is 16.9 Å². The number of hydrogen-bond donors (Lipinski definition) is 1. The Kier molecular flexibility index (Phi) is 7.50. The number of piperidine rings is 1. The van der Waals surface area contributed by atoms with Crippen molar-refractivity contribution in [3.05, 3.63) is 60.2 Å². The van der Waals surface area contributed by atoms with Crippen LogP contribution in [-0.4, -0.2) is 43.9 Å². The van der Waals surface area contributed by atoms with Crippen LogP contribution in [0, 0.1) is 0 Å². The number of rotatable bonds is 8. The molecule has 2 aromatic rings. The third-order valence-corrected chi connectivity index (χ3v) is 7.04. The molecule has 0 aliphatic carbocycles. The molecule has 1 saturated heterocycles. The van der Waals surface area contributed by atoms with Crippen LogP contribution in [0.1, 0.15) is 38.7 Å². The largest absolute Gasteiger partial charge is 0.491 e. The molecule has 1 aliphatic heterocycles. The number of nitrogens with zero attached hydrogens (tertiary/aromatic N) is 1. The minimum absolute atomic E-state index is 0.126. The van der Waals surface area contributed by atoms with E-state index in [1.807, 2.05) is 38.1 Å². The highest BCUT2D eigenvalue weighted by Gasteiger charge is 2.37. The first-order valence-electron chi connectivity index (χ1n) is 10.5. The minimum atomic E-state index is -3.69. The van der Waals surface area contributed by atoms with E-state index in [9.17, 15) is 13.2 Å². The topological polar surface area (TPSA) is 75.7 Å². The average molecular weight is 431 g/mol. The second kappa shape index (κ2) is 10.1. The molecule has 7 heteroatoms. The van der Waals surface area contributed by atoms with Crippen LogP contribution in [0.15, 0.2) is 59.5 Å². The van der Waals surface area contributed by atoms with Crippen molar-refractivity contribution in [1.29, 1.82) is 0 Å². The van der Waals surface area contributed by atoms with Gasteiger partial charge < -0.3 is 10.1 Å². The monoisotopic (exact) mass is 430 g/mol. The van der Waals surface area contributed by atoms with Crippen LogP contribution in [-0.2, 0) is 21.2 Å². The molecular weight excluding hydrogens is 400 g/mol. The van der Waals surface area contributed by atoms with Gasteiger partial charge in [-0.05, 0) is 62.9 Å². The average Bonchev–Trinajstić information content (AvgIpc) is 2.75. The van der Waals surface area contributed by atoms with Crippen molar-refractivity contribution in [2.45, 2.75) is 56.6 Å². The Bertz CT molecular complexity index is 927. The van der Waals surface area contributed by atoms with Crippen LogP contribution < -0.4 is 10.1 Å². The predicted molar refractivity (Wildman–Crippen MR) is 117 cm³/mol. The molecular formula is C23H30N2O4S. The van der Waals surface area contributed by atoms with Crippen molar-refractivity contribution >= 4 is 15.9 Å². The van der Waals surface area contributed by atoms with Gasteiger partial charge in [-0.15, -0.1) is 0 Å². The van der Waals surface area contributed by atoms with E-state index < -0.39 is 16.1 Å². The zero-order valence-electron chi connectivity index (χ0n) is 17.6. The second-order valence-corrected chi connectivity index (χ2v) is 9.68. The molecule has 1 aliphatic rings. The Morgan fingerprint density at radius 1 is 1.10 bits per heavy atom. The SMILES string of the molecule is CC(C)Oc1ccc(CCNC(=O)C2CCCCN2S(=O)(=O)c2ccccc2)cc1. The van der Waals surface area contributed by atoms with Gasteiger partial charge >= 0.3 is 0 Å². The van der Waals surface area contributed by atoms with Gasteiger partial charge in [-0.3, -0.25) is 4.79 Å². The standard InChI is InChI=1S/C23H30N2O4S/c1-18(2)29-20-13-11-19(12-14-20)15-16-24-23(26)22-10-6-7-17-25(22)30(27,28)21-8-4-3-5-9-21/h3-5,8-9,11-14,18,22H,6-7,10,15-17H2,1-2H3,(H,24,26). The molecule has 162 valence electrons. The molecule has 1 heterocycles. The second-order valence-electron chi connectivity index (χ2n) is 7.79. The molecule has 1 atom stereocenters. The Labute approximate surface area is 179 Å². The first-order chi connectivity index (χ1) is 14.4. The quantitative estimate of drug-likeness (QED) is 0.697. The van der Waals surface area contributed by atoms with Gasteiger partial charge in [-0.2, -0.15) is 4.31 Å². The molecule has 0 saturated carbocycles. The van der Waals surface area contributed by atoms with Crippen molar-refractivity contribution in [3.8, 4) is 5.75 Å². The fourth-order valence-corrected chi connectivity index (χ4v) is 5.31. The molecule has 0 radical (unpaired) electrons. The number of nitrogens with one attached hydrogen (secondary N) is 1. The molecule has 1 unspecified atom stereocenters. The van der Waals surface area contributed by atoms with Gasteiger partial charge in [-0.1, -0.05) is 36.8 Å². The van der Waals surface area contributed by atoms with E-state index in [1.54, 1.807) is 30.3 Å². The van der Waals surface area contributed by atoms with Crippen LogP contribution >= 0.6 is 0 Å². The summed E-state index contributed by atoms with van der Waals surface area (Å²) >= 11 is 0. The van der Waals surface area contributed by atoms with Crippen LogP contribution in [0.2, 0.25) is 0 Å². The Morgan fingerprint density at radius 2 is 1.80 bits per heavy atom. The zero-order chi connectivity index (χ0) is 21.6. The van der Waals surface area contributed by atoms with Crippen molar-refractivity contribution in [1.82, 2.24) is 9.62 Å². The molecule has 0 aromatic heterocycles. The summed E-state index contributed by atoms with van der Waals surface area (Å²) in [5.41, 5.74) is 1.09. The van der Waals surface area contributed by atoms with Gasteiger partial charge in [0.25, 0.3) is 0 Å². The van der Waals surface area contributed by atoms with Crippen molar-refractivity contribution in [3.63, 3.8) is 0 Å². The summed E-state index contributed by atoms with van der Waals surface area (Å²) < 4.78 is 33.1. The van der Waals surface area contributed by atoms with E-state index in [4.69, 9.17) is 4.74 Å². The molecule has 6 nitrogen and oxygen atoms in total. The van der Waals surface area contributed by atoms with Crippen LogP contribution in [0.4, 0.5) is 0 Å². The third-order valence-electron chi connectivity index (χ3n) is 5.11. The summed E-state index contributed by atoms with van der Waals surface area (Å²) in [6, 6.07) is 15.5. The Morgan fingerprint density at radius 3 is 2.47 bits per heavy atom. The fourth-order valence-electron chi connectivity index (χ4n) is 3.64. The Hall–Kier alpha value is -2.38. The molecule has 1 N–H and O–H groups in total. The van der Waals surface area contributed by atoms with E-state index >= 15 is 0 Å². The van der Waals surface area contributed by atoms with Gasteiger partial charge in [0, 0.05) is 13.1 Å². The lowest BCUT2D eigenvalue weighted by atomic mass is 10.0. The summed E-state index contributed by atoms with van der Waals surface area (Å²) in [6.45, 7) is 4.79. The van der Waals surface area contributed by atoms with Crippen LogP contribution in [0.25, 0.3) is 0 Å². The first-order valence-corrected chi connectivity index (χ1v) is 11.9. The molecule has 3 rings (SSSR count). The van der Waals surface area contributed by atoms with Crippen LogP contribution in [0.5, 0.6) is 5.75 Å². The predicted octanol–water partition coefficient (Wildman–Crippen LogP) is 3.38. The maximum atomic E-state index is 13.0. The fraction of sp³-hybridized carbons (Fsp3) is 0.435. The number of sulfonamides is 1. The highest BCUT2D eigenvalue weighted by atomic mass is 32.2. The summed E-state index contributed by atoms with van der Waals surface area (Å²) in [6.07, 6.45) is 2.95. The van der Waals surface area contributed by atoms with Gasteiger partial charge in [0.1, 0.15) is 11.8 Å². The van der Waals surface area contributed by atoms with Gasteiger partial charge in [0.2, 0.25) is 15.9 Å². The van der Waals surface area contributed by atoms with Crippen molar-refractivity contribution < 1.29 is 17.9 Å². The zero-order valence-corrected chi connectivity index (χ0v) is 18.4. The number of hydrogen-bond acceptors (Lipinski definition) is 4. The van der Waals surface area contributed by atoms with E-state index in [0.29, 0.717) is 25.9 Å². The first kappa shape index (κ1) is 22.3. The molecule has 2 aromatic carbocycles. The van der Waals surface area contributed by atoms with Crippen molar-refractivity contribution in [2.24, 2.45) is 0 Å². The van der Waals surface area contributed by atoms with Gasteiger partial charge in [0.05, 0.1) is 11.0 Å². The van der Waals surface area contributed by atoms with Crippen LogP contribution in [0.3, 0.4) is 0 Å². The minimum Gasteiger partial charge on any atom is -0.491 e. The lowest BCUT2D eigenvalue weighted by molar-refractivity contribution is -0.125. The number of carbonyl (C=O) groups is 1. The van der Waals surface area contributed by atoms with Crippen molar-refractivity contribution in [2.75, 3.05) is 13.1 Å². The van der Waals surface area contributed by atoms with E-state index in [1.165, 1.54) is 4.31 Å². The van der Waals surface area contributed by atoms with E-state index in [2.05, 4.69) is 5.32 Å². The summed E-state index contributed by atoms with van der Waals surface area (Å²) in [4.78, 5) is 13.0. The summed E-state index contributed by atoms with van der Waals surface area (Å²) in [5.74, 6) is 0.593. The van der Waals surface area contributed by atoms with Gasteiger partial charge in [0.15, 0.2) is 0 Å². The smallest absolute Gasteiger partial charge is 0.243 e. The lowest BCUT2D eigenvalue weighted by Crippen LogP contribution is -2.52. The van der Waals surface area contributed by atoms with E-state index in [0.717, 1.165) is 24.2 Å². The lowest BCUT2D eigenvalue weighted by Gasteiger charge is -2.33. The Balaban J connectivity index is 1.59. The third kappa shape index (κ3) is 5.61. The number of ether oxygens (including phenoxy) is 1. The summed E-state index contributed by atoms with van der Waals surface area (Å²) in [5, 5.41) is 2.92. The number of benzene rings is 2. The normalized spacial score (nSPS) is 17.6. The summed E-state index contributed by atoms with van der Waals surface area (Å²) in [7, 11) is -3.69. The van der Waals surface area contributed by atoms with Gasteiger partial charge in [-0.25, -0.2) is 8.42 Å².